The summed E-state index contributed by atoms with van der Waals surface area (Å²) in [5.74, 6) is 0. The molecule has 1 aromatic rings. The number of rotatable bonds is 5. The van der Waals surface area contributed by atoms with Crippen molar-refractivity contribution in [2.24, 2.45) is 5.41 Å². The third-order valence-corrected chi connectivity index (χ3v) is 2.98. The molecule has 0 radical (unpaired) electrons. The molecule has 0 saturated heterocycles. The molecule has 0 saturated carbocycles. The standard InChI is InChI=1S/C14H23NO2/c1-11(14(2,3)4)15-17-10-13(16)12-8-6-5-7-9-12/h5-9,11,13,15-16H,10H2,1-4H3/t11-,13-/m0/s1. The molecule has 0 bridgehead atoms. The number of hydrogen-bond donors (Lipinski definition) is 2. The summed E-state index contributed by atoms with van der Waals surface area (Å²) in [7, 11) is 0. The summed E-state index contributed by atoms with van der Waals surface area (Å²) >= 11 is 0. The number of benzene rings is 1. The molecule has 1 aromatic carbocycles. The molecule has 0 heterocycles. The monoisotopic (exact) mass is 237 g/mol. The van der Waals surface area contributed by atoms with E-state index in [-0.39, 0.29) is 18.1 Å². The quantitative estimate of drug-likeness (QED) is 0.774. The van der Waals surface area contributed by atoms with Crippen LogP contribution in [0.3, 0.4) is 0 Å². The maximum atomic E-state index is 9.87. The third-order valence-electron chi connectivity index (χ3n) is 2.98. The van der Waals surface area contributed by atoms with Gasteiger partial charge in [0.15, 0.2) is 0 Å². The molecule has 0 amide bonds. The van der Waals surface area contributed by atoms with Gasteiger partial charge in [-0.25, -0.2) is 0 Å². The van der Waals surface area contributed by atoms with Gasteiger partial charge in [0.2, 0.25) is 0 Å². The minimum atomic E-state index is -0.587. The number of nitrogens with one attached hydrogen (secondary N) is 1. The van der Waals surface area contributed by atoms with Crippen LogP contribution in [0.2, 0.25) is 0 Å². The van der Waals surface area contributed by atoms with Crippen LogP contribution >= 0.6 is 0 Å². The first-order valence-electron chi connectivity index (χ1n) is 6.01. The van der Waals surface area contributed by atoms with Crippen LogP contribution in [0.25, 0.3) is 0 Å². The van der Waals surface area contributed by atoms with Crippen molar-refractivity contribution in [2.75, 3.05) is 6.61 Å². The van der Waals surface area contributed by atoms with Crippen molar-refractivity contribution in [1.29, 1.82) is 0 Å². The summed E-state index contributed by atoms with van der Waals surface area (Å²) in [6.45, 7) is 8.74. The van der Waals surface area contributed by atoms with Crippen LogP contribution in [0, 0.1) is 5.41 Å². The normalized spacial score (nSPS) is 15.6. The minimum absolute atomic E-state index is 0.137. The van der Waals surface area contributed by atoms with Gasteiger partial charge in [0.1, 0.15) is 6.10 Å². The Morgan fingerprint density at radius 1 is 1.24 bits per heavy atom. The number of hydrogen-bond acceptors (Lipinski definition) is 3. The van der Waals surface area contributed by atoms with Gasteiger partial charge in [-0.3, -0.25) is 4.84 Å². The zero-order valence-corrected chi connectivity index (χ0v) is 11.1. The molecule has 3 nitrogen and oxygen atoms in total. The van der Waals surface area contributed by atoms with E-state index in [0.717, 1.165) is 5.56 Å². The van der Waals surface area contributed by atoms with E-state index in [9.17, 15) is 5.11 Å². The van der Waals surface area contributed by atoms with E-state index in [0.29, 0.717) is 0 Å². The average Bonchev–Trinajstić information content (AvgIpc) is 2.28. The van der Waals surface area contributed by atoms with E-state index >= 15 is 0 Å². The summed E-state index contributed by atoms with van der Waals surface area (Å²) in [5, 5.41) is 9.87. The zero-order chi connectivity index (χ0) is 12.9. The van der Waals surface area contributed by atoms with Crippen molar-refractivity contribution in [3.8, 4) is 0 Å². The average molecular weight is 237 g/mol. The topological polar surface area (TPSA) is 41.5 Å². The molecule has 2 atom stereocenters. The molecular formula is C14H23NO2. The fraction of sp³-hybridized carbons (Fsp3) is 0.571. The molecule has 2 N–H and O–H groups in total. The van der Waals surface area contributed by atoms with Gasteiger partial charge in [-0.1, -0.05) is 51.1 Å². The second-order valence-corrected chi connectivity index (χ2v) is 5.44. The summed E-state index contributed by atoms with van der Waals surface area (Å²) in [6.07, 6.45) is -0.587. The van der Waals surface area contributed by atoms with Crippen LogP contribution in [0.15, 0.2) is 30.3 Å². The lowest BCUT2D eigenvalue weighted by atomic mass is 9.89. The van der Waals surface area contributed by atoms with E-state index in [4.69, 9.17) is 4.84 Å². The van der Waals surface area contributed by atoms with Gasteiger partial charge in [-0.2, -0.15) is 5.48 Å². The van der Waals surface area contributed by atoms with E-state index in [1.165, 1.54) is 0 Å². The SMILES string of the molecule is C[C@H](NOC[C@H](O)c1ccccc1)C(C)(C)C. The van der Waals surface area contributed by atoms with Crippen molar-refractivity contribution >= 4 is 0 Å². The molecule has 0 aliphatic carbocycles. The van der Waals surface area contributed by atoms with E-state index in [1.54, 1.807) is 0 Å². The van der Waals surface area contributed by atoms with Gasteiger partial charge < -0.3 is 5.11 Å². The van der Waals surface area contributed by atoms with Crippen molar-refractivity contribution in [3.63, 3.8) is 0 Å². The van der Waals surface area contributed by atoms with E-state index in [2.05, 4.69) is 33.2 Å². The Hall–Kier alpha value is -0.900. The Morgan fingerprint density at radius 3 is 2.35 bits per heavy atom. The Morgan fingerprint density at radius 2 is 1.82 bits per heavy atom. The Balaban J connectivity index is 2.33. The van der Waals surface area contributed by atoms with Crippen molar-refractivity contribution in [3.05, 3.63) is 35.9 Å². The first kappa shape index (κ1) is 14.2. The highest BCUT2D eigenvalue weighted by Gasteiger charge is 2.20. The van der Waals surface area contributed by atoms with Crippen LogP contribution in [0.5, 0.6) is 0 Å². The van der Waals surface area contributed by atoms with Gasteiger partial charge >= 0.3 is 0 Å². The summed E-state index contributed by atoms with van der Waals surface area (Å²) < 4.78 is 0. The lowest BCUT2D eigenvalue weighted by Gasteiger charge is -2.28. The zero-order valence-electron chi connectivity index (χ0n) is 11.1. The highest BCUT2D eigenvalue weighted by molar-refractivity contribution is 5.17. The Bertz CT molecular complexity index is 319. The van der Waals surface area contributed by atoms with Crippen LogP contribution in [0.1, 0.15) is 39.4 Å². The van der Waals surface area contributed by atoms with Crippen molar-refractivity contribution in [1.82, 2.24) is 5.48 Å². The Labute approximate surface area is 104 Å². The van der Waals surface area contributed by atoms with Crippen LogP contribution in [0.4, 0.5) is 0 Å². The maximum Gasteiger partial charge on any atom is 0.104 e. The summed E-state index contributed by atoms with van der Waals surface area (Å²) in [4.78, 5) is 5.34. The predicted molar refractivity (Wildman–Crippen MR) is 69.4 cm³/mol. The predicted octanol–water partition coefficient (Wildman–Crippen LogP) is 2.68. The first-order chi connectivity index (χ1) is 7.91. The smallest absolute Gasteiger partial charge is 0.104 e. The largest absolute Gasteiger partial charge is 0.386 e. The first-order valence-corrected chi connectivity index (χ1v) is 6.01. The van der Waals surface area contributed by atoms with E-state index in [1.807, 2.05) is 30.3 Å². The minimum Gasteiger partial charge on any atom is -0.386 e. The van der Waals surface area contributed by atoms with Crippen LogP contribution in [-0.2, 0) is 4.84 Å². The molecule has 0 aromatic heterocycles. The van der Waals surface area contributed by atoms with Crippen LogP contribution in [-0.4, -0.2) is 17.8 Å². The fourth-order valence-corrected chi connectivity index (χ4v) is 1.20. The third kappa shape index (κ3) is 4.86. The van der Waals surface area contributed by atoms with Gasteiger partial charge in [0.25, 0.3) is 0 Å². The number of hydroxylamine groups is 1. The lowest BCUT2D eigenvalue weighted by molar-refractivity contribution is -0.0494. The molecule has 1 rings (SSSR count). The molecular weight excluding hydrogens is 214 g/mol. The molecule has 17 heavy (non-hydrogen) atoms. The number of aliphatic hydroxyl groups excluding tert-OH is 1. The number of aliphatic hydroxyl groups is 1. The maximum absolute atomic E-state index is 9.87. The molecule has 96 valence electrons. The molecule has 3 heteroatoms. The molecule has 0 spiro atoms. The van der Waals surface area contributed by atoms with Gasteiger partial charge in [-0.05, 0) is 17.9 Å². The highest BCUT2D eigenvalue weighted by Crippen LogP contribution is 2.18. The van der Waals surface area contributed by atoms with Gasteiger partial charge in [0.05, 0.1) is 6.61 Å². The molecule has 0 fully saturated rings. The van der Waals surface area contributed by atoms with Crippen LogP contribution < -0.4 is 5.48 Å². The Kier molecular flexibility index (Phi) is 5.12. The van der Waals surface area contributed by atoms with Crippen molar-refractivity contribution < 1.29 is 9.94 Å². The van der Waals surface area contributed by atoms with E-state index < -0.39 is 6.10 Å². The van der Waals surface area contributed by atoms with Gasteiger partial charge in [-0.15, -0.1) is 0 Å². The summed E-state index contributed by atoms with van der Waals surface area (Å²) in [5.41, 5.74) is 3.97. The van der Waals surface area contributed by atoms with Crippen molar-refractivity contribution in [2.45, 2.75) is 39.8 Å². The molecule has 0 aliphatic rings. The molecule has 0 unspecified atom stereocenters. The summed E-state index contributed by atoms with van der Waals surface area (Å²) in [6, 6.07) is 9.75. The second-order valence-electron chi connectivity index (χ2n) is 5.44. The second kappa shape index (κ2) is 6.15. The lowest BCUT2D eigenvalue weighted by Crippen LogP contribution is -2.38. The van der Waals surface area contributed by atoms with Gasteiger partial charge in [0, 0.05) is 6.04 Å². The fourth-order valence-electron chi connectivity index (χ4n) is 1.20. The molecule has 0 aliphatic heterocycles. The highest BCUT2D eigenvalue weighted by atomic mass is 16.6.